The highest BCUT2D eigenvalue weighted by Gasteiger charge is 2.41. The van der Waals surface area contributed by atoms with Crippen molar-refractivity contribution < 1.29 is 23.8 Å². The van der Waals surface area contributed by atoms with E-state index in [2.05, 4.69) is 40.7 Å². The molecule has 2 N–H and O–H groups in total. The van der Waals surface area contributed by atoms with E-state index >= 15 is 0 Å². The normalized spacial score (nSPS) is 20.5. The summed E-state index contributed by atoms with van der Waals surface area (Å²) in [6.07, 6.45) is 4.56. The van der Waals surface area contributed by atoms with Gasteiger partial charge in [-0.15, -0.1) is 0 Å². The predicted molar refractivity (Wildman–Crippen MR) is 141 cm³/mol. The molecule has 0 radical (unpaired) electrons. The van der Waals surface area contributed by atoms with Gasteiger partial charge in [0.1, 0.15) is 0 Å². The van der Waals surface area contributed by atoms with Crippen molar-refractivity contribution in [3.63, 3.8) is 0 Å². The van der Waals surface area contributed by atoms with Crippen LogP contribution in [0.3, 0.4) is 0 Å². The molecule has 0 atom stereocenters. The molecule has 4 aromatic rings. The van der Waals surface area contributed by atoms with E-state index in [0.29, 0.717) is 19.4 Å². The fourth-order valence-corrected chi connectivity index (χ4v) is 6.07. The van der Waals surface area contributed by atoms with Gasteiger partial charge in [0.2, 0.25) is 0 Å². The third kappa shape index (κ3) is 4.17. The number of nitrogens with zero attached hydrogens (tertiary/aromatic N) is 2. The van der Waals surface area contributed by atoms with Crippen molar-refractivity contribution >= 4 is 27.8 Å². The Kier molecular flexibility index (Phi) is 6.26. The Labute approximate surface area is 215 Å². The monoisotopic (exact) mass is 507 g/mol. The minimum atomic E-state index is -0.731. The van der Waals surface area contributed by atoms with E-state index in [0.717, 1.165) is 46.0 Å². The third-order valence-corrected chi connectivity index (χ3v) is 8.12. The Bertz CT molecular complexity index is 1480. The van der Waals surface area contributed by atoms with Crippen molar-refractivity contribution in [2.45, 2.75) is 57.8 Å². The number of ether oxygens (including phenoxy) is 2. The number of aromatic nitrogens is 3. The summed E-state index contributed by atoms with van der Waals surface area (Å²) in [4.78, 5) is 12.0. The summed E-state index contributed by atoms with van der Waals surface area (Å²) in [5.41, 5.74) is 3.89. The summed E-state index contributed by atoms with van der Waals surface area (Å²) < 4.78 is 27.7. The largest absolute Gasteiger partial charge is 0.494 e. The molecule has 2 heterocycles. The van der Waals surface area contributed by atoms with Crippen LogP contribution in [-0.4, -0.2) is 46.7 Å². The second kappa shape index (κ2) is 9.17. The first-order valence-corrected chi connectivity index (χ1v) is 12.7. The van der Waals surface area contributed by atoms with Gasteiger partial charge in [0.05, 0.1) is 36.4 Å². The lowest BCUT2D eigenvalue weighted by Crippen LogP contribution is -2.33. The summed E-state index contributed by atoms with van der Waals surface area (Å²) in [5.74, 6) is -0.801. The molecule has 0 saturated heterocycles. The van der Waals surface area contributed by atoms with E-state index in [1.807, 2.05) is 6.92 Å². The van der Waals surface area contributed by atoms with Crippen LogP contribution in [0.1, 0.15) is 63.6 Å². The van der Waals surface area contributed by atoms with Crippen LogP contribution < -0.4 is 4.74 Å². The van der Waals surface area contributed by atoms with E-state index in [-0.39, 0.29) is 11.7 Å². The van der Waals surface area contributed by atoms with Crippen LogP contribution in [0.15, 0.2) is 36.5 Å². The number of halogens is 1. The van der Waals surface area contributed by atoms with Crippen molar-refractivity contribution in [3.8, 4) is 11.4 Å². The Balaban J connectivity index is 1.82. The summed E-state index contributed by atoms with van der Waals surface area (Å²) in [6.45, 7) is 6.64. The number of hydrogen-bond donors (Lipinski definition) is 2. The van der Waals surface area contributed by atoms with Gasteiger partial charge in [0.25, 0.3) is 0 Å². The molecule has 5 rings (SSSR count). The molecule has 1 aliphatic rings. The van der Waals surface area contributed by atoms with Gasteiger partial charge in [-0.2, -0.15) is 5.10 Å². The zero-order valence-electron chi connectivity index (χ0n) is 22.0. The second-order valence-corrected chi connectivity index (χ2v) is 11.2. The molecule has 196 valence electrons. The van der Waals surface area contributed by atoms with Gasteiger partial charge in [0.15, 0.2) is 11.6 Å². The van der Waals surface area contributed by atoms with E-state index in [9.17, 15) is 14.3 Å². The van der Waals surface area contributed by atoms with Gasteiger partial charge in [-0.05, 0) is 68.4 Å². The smallest absolute Gasteiger partial charge is 0.309 e. The number of hydrogen-bond acceptors (Lipinski definition) is 4. The summed E-state index contributed by atoms with van der Waals surface area (Å²) >= 11 is 0. The van der Waals surface area contributed by atoms with Gasteiger partial charge in [-0.3, -0.25) is 9.89 Å². The highest BCUT2D eigenvalue weighted by molar-refractivity contribution is 5.99. The van der Waals surface area contributed by atoms with Crippen LogP contribution in [0.25, 0.3) is 27.5 Å². The van der Waals surface area contributed by atoms with Crippen molar-refractivity contribution in [3.05, 3.63) is 53.6 Å². The maximum absolute atomic E-state index is 14.4. The van der Waals surface area contributed by atoms with Crippen LogP contribution >= 0.6 is 0 Å². The standard InChI is InChI=1S/C29H34FN3O4/c1-28(2,16-36-4)26-25(17-8-10-29(3,11-9-17)27(34)35)20-14-22-18(15-31-32-22)12-23(20)33(26)19-6-7-21(30)24(13-19)37-5/h6-7,12-15,17H,8-11,16H2,1-5H3,(H,31,32)(H,34,35). The number of fused-ring (bicyclic) bond motifs is 2. The molecule has 0 amide bonds. The number of carboxylic acid groups (broad SMARTS) is 1. The van der Waals surface area contributed by atoms with Crippen molar-refractivity contribution in [2.24, 2.45) is 5.41 Å². The average Bonchev–Trinajstić information content (AvgIpc) is 3.45. The number of H-pyrrole nitrogens is 1. The second-order valence-electron chi connectivity index (χ2n) is 11.2. The number of benzene rings is 2. The molecule has 7 nitrogen and oxygen atoms in total. The van der Waals surface area contributed by atoms with Gasteiger partial charge in [-0.1, -0.05) is 13.8 Å². The lowest BCUT2D eigenvalue weighted by molar-refractivity contribution is -0.149. The molecule has 1 fully saturated rings. The molecule has 0 aliphatic heterocycles. The van der Waals surface area contributed by atoms with Gasteiger partial charge in [-0.25, -0.2) is 4.39 Å². The Morgan fingerprint density at radius 1 is 1.24 bits per heavy atom. The fourth-order valence-electron chi connectivity index (χ4n) is 6.07. The molecular formula is C29H34FN3O4. The Morgan fingerprint density at radius 3 is 2.62 bits per heavy atom. The Hall–Kier alpha value is -3.39. The minimum Gasteiger partial charge on any atom is -0.494 e. The first-order chi connectivity index (χ1) is 17.6. The molecule has 1 aliphatic carbocycles. The van der Waals surface area contributed by atoms with Gasteiger partial charge >= 0.3 is 5.97 Å². The maximum atomic E-state index is 14.4. The zero-order chi connectivity index (χ0) is 26.5. The first-order valence-electron chi connectivity index (χ1n) is 12.7. The highest BCUT2D eigenvalue weighted by Crippen LogP contribution is 2.49. The van der Waals surface area contributed by atoms with Crippen LogP contribution in [0, 0.1) is 11.2 Å². The Morgan fingerprint density at radius 2 is 1.97 bits per heavy atom. The van der Waals surface area contributed by atoms with Crippen molar-refractivity contribution in [1.29, 1.82) is 0 Å². The summed E-state index contributed by atoms with van der Waals surface area (Å²) in [7, 11) is 3.16. The molecule has 2 aromatic carbocycles. The maximum Gasteiger partial charge on any atom is 0.309 e. The molecule has 37 heavy (non-hydrogen) atoms. The van der Waals surface area contributed by atoms with Gasteiger partial charge < -0.3 is 19.1 Å². The number of rotatable bonds is 7. The summed E-state index contributed by atoms with van der Waals surface area (Å²) in [6, 6.07) is 9.19. The number of aromatic amines is 1. The predicted octanol–water partition coefficient (Wildman–Crippen LogP) is 6.33. The van der Waals surface area contributed by atoms with Crippen molar-refractivity contribution in [1.82, 2.24) is 14.8 Å². The molecule has 0 bridgehead atoms. The lowest BCUT2D eigenvalue weighted by Gasteiger charge is -2.36. The topological polar surface area (TPSA) is 89.4 Å². The zero-order valence-corrected chi connectivity index (χ0v) is 22.0. The molecule has 0 unspecified atom stereocenters. The highest BCUT2D eigenvalue weighted by atomic mass is 19.1. The average molecular weight is 508 g/mol. The van der Waals surface area contributed by atoms with Crippen LogP contribution in [0.4, 0.5) is 4.39 Å². The third-order valence-electron chi connectivity index (χ3n) is 8.12. The van der Waals surface area contributed by atoms with E-state index in [1.165, 1.54) is 18.7 Å². The van der Waals surface area contributed by atoms with Gasteiger partial charge in [0, 0.05) is 40.7 Å². The van der Waals surface area contributed by atoms with Crippen LogP contribution in [0.2, 0.25) is 0 Å². The molecule has 2 aromatic heterocycles. The van der Waals surface area contributed by atoms with E-state index in [4.69, 9.17) is 9.47 Å². The van der Waals surface area contributed by atoms with Crippen molar-refractivity contribution in [2.75, 3.05) is 20.8 Å². The molecular weight excluding hydrogens is 473 g/mol. The number of aliphatic carboxylic acids is 1. The van der Waals surface area contributed by atoms with E-state index in [1.54, 1.807) is 25.4 Å². The number of carboxylic acids is 1. The minimum absolute atomic E-state index is 0.171. The molecule has 0 spiro atoms. The molecule has 8 heteroatoms. The van der Waals surface area contributed by atoms with E-state index < -0.39 is 22.6 Å². The number of methoxy groups -OCH3 is 2. The summed E-state index contributed by atoms with van der Waals surface area (Å²) in [5, 5.41) is 19.2. The van der Waals surface area contributed by atoms with Crippen LogP contribution in [0.5, 0.6) is 5.75 Å². The number of nitrogens with one attached hydrogen (secondary N) is 1. The lowest BCUT2D eigenvalue weighted by atomic mass is 9.68. The quantitative estimate of drug-likeness (QED) is 0.305. The SMILES string of the molecule is COCC(C)(C)c1c(C2CCC(C)(C(=O)O)CC2)c2cc3[nH]ncc3cc2n1-c1ccc(F)c(OC)c1. The first kappa shape index (κ1) is 25.3. The number of carbonyl (C=O) groups is 1. The van der Waals surface area contributed by atoms with Crippen LogP contribution in [-0.2, 0) is 14.9 Å². The molecule has 1 saturated carbocycles. The fraction of sp³-hybridized carbons (Fsp3) is 0.448.